The van der Waals surface area contributed by atoms with Crippen LogP contribution in [0.5, 0.6) is 0 Å². The van der Waals surface area contributed by atoms with E-state index >= 15 is 0 Å². The lowest BCUT2D eigenvalue weighted by Gasteiger charge is -2.15. The predicted octanol–water partition coefficient (Wildman–Crippen LogP) is 4.79. The number of aryl methyl sites for hydroxylation is 2. The second-order valence-electron chi connectivity index (χ2n) is 5.48. The Kier molecular flexibility index (Phi) is 5.86. The summed E-state index contributed by atoms with van der Waals surface area (Å²) >= 11 is 11.7. The number of rotatable bonds is 4. The number of hydrogen-bond acceptors (Lipinski definition) is 3. The van der Waals surface area contributed by atoms with E-state index in [1.165, 1.54) is 25.1 Å². The van der Waals surface area contributed by atoms with E-state index in [0.717, 1.165) is 11.1 Å². The molecule has 0 fully saturated rings. The van der Waals surface area contributed by atoms with Crippen LogP contribution < -0.4 is 5.32 Å². The fourth-order valence-electron chi connectivity index (χ4n) is 2.09. The third-order valence-electron chi connectivity index (χ3n) is 3.45. The van der Waals surface area contributed by atoms with Crippen molar-refractivity contribution in [2.75, 3.05) is 5.32 Å². The Morgan fingerprint density at radius 1 is 1.04 bits per heavy atom. The molecule has 0 aromatic heterocycles. The van der Waals surface area contributed by atoms with Gasteiger partial charge in [0.2, 0.25) is 0 Å². The maximum absolute atomic E-state index is 12.2. The van der Waals surface area contributed by atoms with Gasteiger partial charge < -0.3 is 10.1 Å². The molecular weight excluding hydrogens is 349 g/mol. The van der Waals surface area contributed by atoms with Crippen molar-refractivity contribution in [3.05, 3.63) is 63.1 Å². The van der Waals surface area contributed by atoms with Crippen molar-refractivity contribution in [3.8, 4) is 0 Å². The first-order valence-electron chi connectivity index (χ1n) is 7.32. The standard InChI is InChI=1S/C18H17Cl2NO3/c1-10-4-7-16(11(2)8-10)21-17(22)12(3)24-18(23)13-5-6-14(19)15(20)9-13/h4-9,12H,1-3H3,(H,21,22). The molecule has 6 heteroatoms. The highest BCUT2D eigenvalue weighted by Gasteiger charge is 2.20. The first-order chi connectivity index (χ1) is 11.3. The average Bonchev–Trinajstić information content (AvgIpc) is 2.52. The topological polar surface area (TPSA) is 55.4 Å². The summed E-state index contributed by atoms with van der Waals surface area (Å²) in [6.07, 6.45) is -0.951. The van der Waals surface area contributed by atoms with Crippen LogP contribution >= 0.6 is 23.2 Å². The van der Waals surface area contributed by atoms with E-state index < -0.39 is 18.0 Å². The lowest BCUT2D eigenvalue weighted by molar-refractivity contribution is -0.123. The van der Waals surface area contributed by atoms with Crippen molar-refractivity contribution < 1.29 is 14.3 Å². The Labute approximate surface area is 150 Å². The van der Waals surface area contributed by atoms with Crippen LogP contribution in [0.1, 0.15) is 28.4 Å². The van der Waals surface area contributed by atoms with E-state index in [4.69, 9.17) is 27.9 Å². The van der Waals surface area contributed by atoms with E-state index in [1.807, 2.05) is 32.0 Å². The van der Waals surface area contributed by atoms with Crippen LogP contribution in [0.2, 0.25) is 10.0 Å². The van der Waals surface area contributed by atoms with Gasteiger partial charge in [0.15, 0.2) is 6.10 Å². The quantitative estimate of drug-likeness (QED) is 0.792. The van der Waals surface area contributed by atoms with E-state index in [-0.39, 0.29) is 10.6 Å². The number of ether oxygens (including phenoxy) is 1. The third-order valence-corrected chi connectivity index (χ3v) is 4.19. The molecule has 0 spiro atoms. The number of nitrogens with one attached hydrogen (secondary N) is 1. The summed E-state index contributed by atoms with van der Waals surface area (Å²) in [5.41, 5.74) is 2.95. The first-order valence-corrected chi connectivity index (χ1v) is 8.07. The summed E-state index contributed by atoms with van der Waals surface area (Å²) in [4.78, 5) is 24.3. The van der Waals surface area contributed by atoms with Crippen molar-refractivity contribution in [3.63, 3.8) is 0 Å². The van der Waals surface area contributed by atoms with Gasteiger partial charge in [-0.1, -0.05) is 40.9 Å². The van der Waals surface area contributed by atoms with Gasteiger partial charge in [0.05, 0.1) is 15.6 Å². The lowest BCUT2D eigenvalue weighted by Crippen LogP contribution is -2.30. The molecule has 24 heavy (non-hydrogen) atoms. The summed E-state index contributed by atoms with van der Waals surface area (Å²) in [5.74, 6) is -1.05. The van der Waals surface area contributed by atoms with Gasteiger partial charge in [-0.3, -0.25) is 4.79 Å². The van der Waals surface area contributed by atoms with Crippen LogP contribution in [0, 0.1) is 13.8 Å². The van der Waals surface area contributed by atoms with Gasteiger partial charge in [-0.05, 0) is 50.6 Å². The molecular formula is C18H17Cl2NO3. The number of hydrogen-bond donors (Lipinski definition) is 1. The van der Waals surface area contributed by atoms with Crippen LogP contribution in [0.25, 0.3) is 0 Å². The molecule has 2 aromatic rings. The Morgan fingerprint density at radius 3 is 2.38 bits per heavy atom. The van der Waals surface area contributed by atoms with Crippen molar-refractivity contribution in [2.24, 2.45) is 0 Å². The zero-order valence-corrected chi connectivity index (χ0v) is 15.0. The van der Waals surface area contributed by atoms with Crippen molar-refractivity contribution in [2.45, 2.75) is 26.9 Å². The molecule has 0 aliphatic rings. The average molecular weight is 366 g/mol. The minimum Gasteiger partial charge on any atom is -0.449 e. The highest BCUT2D eigenvalue weighted by Crippen LogP contribution is 2.23. The Bertz CT molecular complexity index is 790. The summed E-state index contributed by atoms with van der Waals surface area (Å²) in [7, 11) is 0. The maximum atomic E-state index is 12.2. The molecule has 1 atom stereocenters. The minimum atomic E-state index is -0.951. The Balaban J connectivity index is 2.02. The molecule has 4 nitrogen and oxygen atoms in total. The molecule has 126 valence electrons. The molecule has 1 N–H and O–H groups in total. The molecule has 2 rings (SSSR count). The molecule has 2 aromatic carbocycles. The highest BCUT2D eigenvalue weighted by atomic mass is 35.5. The molecule has 0 saturated heterocycles. The van der Waals surface area contributed by atoms with Gasteiger partial charge in [0.25, 0.3) is 5.91 Å². The normalized spacial score (nSPS) is 11.7. The van der Waals surface area contributed by atoms with Crippen LogP contribution in [-0.2, 0) is 9.53 Å². The number of amides is 1. The number of carbonyl (C=O) groups excluding carboxylic acids is 2. The van der Waals surface area contributed by atoms with Crippen molar-refractivity contribution in [1.29, 1.82) is 0 Å². The summed E-state index contributed by atoms with van der Waals surface area (Å²) < 4.78 is 5.18. The van der Waals surface area contributed by atoms with Gasteiger partial charge in [-0.2, -0.15) is 0 Å². The van der Waals surface area contributed by atoms with Crippen molar-refractivity contribution >= 4 is 40.8 Å². The number of anilines is 1. The molecule has 1 amide bonds. The van der Waals surface area contributed by atoms with Gasteiger partial charge in [-0.25, -0.2) is 4.79 Å². The van der Waals surface area contributed by atoms with Crippen molar-refractivity contribution in [1.82, 2.24) is 0 Å². The first kappa shape index (κ1) is 18.3. The van der Waals surface area contributed by atoms with E-state index in [1.54, 1.807) is 0 Å². The van der Waals surface area contributed by atoms with E-state index in [9.17, 15) is 9.59 Å². The second kappa shape index (κ2) is 7.69. The van der Waals surface area contributed by atoms with E-state index in [0.29, 0.717) is 10.7 Å². The minimum absolute atomic E-state index is 0.232. The molecule has 0 aliphatic carbocycles. The number of esters is 1. The van der Waals surface area contributed by atoms with E-state index in [2.05, 4.69) is 5.32 Å². The largest absolute Gasteiger partial charge is 0.449 e. The molecule has 1 unspecified atom stereocenters. The lowest BCUT2D eigenvalue weighted by atomic mass is 10.1. The SMILES string of the molecule is Cc1ccc(NC(=O)C(C)OC(=O)c2ccc(Cl)c(Cl)c2)c(C)c1. The number of halogens is 2. The third kappa shape index (κ3) is 4.49. The summed E-state index contributed by atoms with van der Waals surface area (Å²) in [6.45, 7) is 5.38. The zero-order chi connectivity index (χ0) is 17.9. The predicted molar refractivity (Wildman–Crippen MR) is 95.9 cm³/mol. The molecule has 0 heterocycles. The summed E-state index contributed by atoms with van der Waals surface area (Å²) in [5, 5.41) is 3.34. The second-order valence-corrected chi connectivity index (χ2v) is 6.30. The Morgan fingerprint density at radius 2 is 1.75 bits per heavy atom. The molecule has 0 radical (unpaired) electrons. The number of carbonyl (C=O) groups is 2. The van der Waals surface area contributed by atoms with Gasteiger partial charge in [-0.15, -0.1) is 0 Å². The fourth-order valence-corrected chi connectivity index (χ4v) is 2.39. The highest BCUT2D eigenvalue weighted by molar-refractivity contribution is 6.42. The molecule has 0 saturated carbocycles. The fraction of sp³-hybridized carbons (Fsp3) is 0.222. The Hall–Kier alpha value is -2.04. The van der Waals surface area contributed by atoms with Crippen LogP contribution in [0.3, 0.4) is 0 Å². The van der Waals surface area contributed by atoms with Crippen LogP contribution in [0.4, 0.5) is 5.69 Å². The molecule has 0 aliphatic heterocycles. The van der Waals surface area contributed by atoms with Gasteiger partial charge in [0, 0.05) is 5.69 Å². The summed E-state index contributed by atoms with van der Waals surface area (Å²) in [6, 6.07) is 10.1. The van der Waals surface area contributed by atoms with Gasteiger partial charge >= 0.3 is 5.97 Å². The maximum Gasteiger partial charge on any atom is 0.338 e. The van der Waals surface area contributed by atoms with Crippen LogP contribution in [0.15, 0.2) is 36.4 Å². The van der Waals surface area contributed by atoms with Gasteiger partial charge in [0.1, 0.15) is 0 Å². The smallest absolute Gasteiger partial charge is 0.338 e. The monoisotopic (exact) mass is 365 g/mol. The zero-order valence-electron chi connectivity index (χ0n) is 13.5. The molecule has 0 bridgehead atoms. The van der Waals surface area contributed by atoms with Crippen LogP contribution in [-0.4, -0.2) is 18.0 Å². The number of benzene rings is 2.